The molecule has 10 heteroatoms. The van der Waals surface area contributed by atoms with Crippen LogP contribution in [0.25, 0.3) is 44.6 Å². The first-order valence-corrected chi connectivity index (χ1v) is 14.6. The summed E-state index contributed by atoms with van der Waals surface area (Å²) in [5, 5.41) is 0.710. The number of rotatable bonds is 5. The Hall–Kier alpha value is -4.70. The number of hydrogen-bond donors (Lipinski definition) is 2. The van der Waals surface area contributed by atoms with Gasteiger partial charge in [0.25, 0.3) is 0 Å². The summed E-state index contributed by atoms with van der Waals surface area (Å²) >= 11 is 0. The van der Waals surface area contributed by atoms with Gasteiger partial charge in [-0.3, -0.25) is 0 Å². The summed E-state index contributed by atoms with van der Waals surface area (Å²) in [6.07, 6.45) is 5.06. The summed E-state index contributed by atoms with van der Waals surface area (Å²) in [7, 11) is 0. The zero-order valence-corrected chi connectivity index (χ0v) is 24.2. The maximum atomic E-state index is 14.5. The van der Waals surface area contributed by atoms with Crippen molar-refractivity contribution < 1.29 is 17.6 Å². The molecule has 3 aromatic heterocycles. The van der Waals surface area contributed by atoms with Crippen molar-refractivity contribution in [2.24, 2.45) is 5.73 Å². The molecule has 1 unspecified atom stereocenters. The van der Waals surface area contributed by atoms with Gasteiger partial charge in [0.15, 0.2) is 11.6 Å². The topological polar surface area (TPSA) is 75.8 Å². The lowest BCUT2D eigenvalue weighted by Crippen LogP contribution is -2.40. The minimum Gasteiger partial charge on any atom is -0.370 e. The molecule has 224 valence electrons. The van der Waals surface area contributed by atoms with Gasteiger partial charge >= 0.3 is 0 Å². The Bertz CT molecular complexity index is 1960. The van der Waals surface area contributed by atoms with Gasteiger partial charge in [-0.25, -0.2) is 27.5 Å². The fourth-order valence-electron chi connectivity index (χ4n) is 6.19. The summed E-state index contributed by atoms with van der Waals surface area (Å²) in [5.41, 5.74) is 12.0. The third-order valence-corrected chi connectivity index (χ3v) is 8.60. The van der Waals surface area contributed by atoms with Gasteiger partial charge in [0, 0.05) is 60.9 Å². The fourth-order valence-corrected chi connectivity index (χ4v) is 6.19. The Morgan fingerprint density at radius 1 is 0.909 bits per heavy atom. The lowest BCUT2D eigenvalue weighted by molar-refractivity contribution is 0.502. The van der Waals surface area contributed by atoms with Crippen LogP contribution in [0.3, 0.4) is 0 Å². The summed E-state index contributed by atoms with van der Waals surface area (Å²) < 4.78 is 59.4. The van der Waals surface area contributed by atoms with E-state index in [1.54, 1.807) is 6.20 Å². The highest BCUT2D eigenvalue weighted by atomic mass is 19.2. The number of aromatic nitrogens is 4. The van der Waals surface area contributed by atoms with Crippen LogP contribution in [0, 0.1) is 30.2 Å². The van der Waals surface area contributed by atoms with Crippen LogP contribution in [-0.2, 0) is 0 Å². The van der Waals surface area contributed by atoms with Crippen LogP contribution in [0.2, 0.25) is 0 Å². The number of benzene rings is 3. The smallest absolute Gasteiger partial charge is 0.161 e. The summed E-state index contributed by atoms with van der Waals surface area (Å²) in [4.78, 5) is 14.9. The van der Waals surface area contributed by atoms with Gasteiger partial charge in [-0.15, -0.1) is 0 Å². The van der Waals surface area contributed by atoms with Crippen molar-refractivity contribution in [3.8, 4) is 22.5 Å². The van der Waals surface area contributed by atoms with Crippen LogP contribution in [0.1, 0.15) is 36.9 Å². The number of aryl methyl sites for hydroxylation is 1. The number of H-pyrrole nitrogens is 1. The van der Waals surface area contributed by atoms with Crippen molar-refractivity contribution in [1.82, 2.24) is 19.5 Å². The van der Waals surface area contributed by atoms with Crippen LogP contribution >= 0.6 is 0 Å². The van der Waals surface area contributed by atoms with E-state index in [1.807, 2.05) is 29.8 Å². The molecule has 0 bridgehead atoms. The number of pyridine rings is 1. The van der Waals surface area contributed by atoms with E-state index in [4.69, 9.17) is 10.7 Å². The van der Waals surface area contributed by atoms with Gasteiger partial charge < -0.3 is 20.2 Å². The number of anilines is 1. The maximum Gasteiger partial charge on any atom is 0.161 e. The molecule has 3 N–H and O–H groups in total. The molecule has 0 radical (unpaired) electrons. The van der Waals surface area contributed by atoms with E-state index >= 15 is 0 Å². The lowest BCUT2D eigenvalue weighted by atomic mass is 9.98. The van der Waals surface area contributed by atoms with Crippen LogP contribution in [0.15, 0.2) is 67.0 Å². The van der Waals surface area contributed by atoms with Crippen LogP contribution in [0.4, 0.5) is 23.2 Å². The van der Waals surface area contributed by atoms with Crippen LogP contribution < -0.4 is 10.6 Å². The molecule has 0 saturated carbocycles. The van der Waals surface area contributed by atoms with Gasteiger partial charge in [-0.1, -0.05) is 29.8 Å². The molecule has 44 heavy (non-hydrogen) atoms. The Morgan fingerprint density at radius 2 is 1.59 bits per heavy atom. The van der Waals surface area contributed by atoms with Crippen LogP contribution in [0.5, 0.6) is 0 Å². The van der Waals surface area contributed by atoms with Gasteiger partial charge in [0.1, 0.15) is 23.1 Å². The standard InChI is InChI=1S/C34H30F4N6/c1-18-3-5-20(6-4-18)19(2)44-17-26(33-41-29-14-27(37)28(38)15-30(29)42-33)31-32(43-9-7-24(39)8-10-43)25(16-40-34(31)44)21-11-22(35)13-23(36)12-21/h3-6,11-17,19,24H,7-10,39H2,1-2H3,(H,41,42). The zero-order chi connectivity index (χ0) is 30.7. The Morgan fingerprint density at radius 3 is 2.30 bits per heavy atom. The first-order chi connectivity index (χ1) is 21.2. The first kappa shape index (κ1) is 28.1. The van der Waals surface area contributed by atoms with E-state index in [2.05, 4.69) is 33.9 Å². The Kier molecular flexibility index (Phi) is 6.88. The fraction of sp³-hybridized carbons (Fsp3) is 0.235. The van der Waals surface area contributed by atoms with Crippen molar-refractivity contribution in [3.63, 3.8) is 0 Å². The maximum absolute atomic E-state index is 14.5. The van der Waals surface area contributed by atoms with E-state index in [1.165, 1.54) is 12.1 Å². The summed E-state index contributed by atoms with van der Waals surface area (Å²) in [6.45, 7) is 5.34. The highest BCUT2D eigenvalue weighted by molar-refractivity contribution is 6.07. The molecule has 0 amide bonds. The van der Waals surface area contributed by atoms with Crippen molar-refractivity contribution in [2.45, 2.75) is 38.8 Å². The predicted octanol–water partition coefficient (Wildman–Crippen LogP) is 7.65. The molecule has 6 nitrogen and oxygen atoms in total. The second-order valence-corrected chi connectivity index (χ2v) is 11.6. The molecule has 7 rings (SSSR count). The average molecular weight is 599 g/mol. The molecule has 0 aliphatic carbocycles. The van der Waals surface area contributed by atoms with Crippen molar-refractivity contribution in [2.75, 3.05) is 18.0 Å². The minimum absolute atomic E-state index is 0.0458. The minimum atomic E-state index is -0.992. The number of piperidine rings is 1. The van der Waals surface area contributed by atoms with Crippen molar-refractivity contribution in [3.05, 3.63) is 101 Å². The van der Waals surface area contributed by atoms with E-state index in [0.717, 1.165) is 47.9 Å². The molecule has 1 aliphatic rings. The third kappa shape index (κ3) is 4.89. The molecular formula is C34H30F4N6. The molecule has 1 saturated heterocycles. The largest absolute Gasteiger partial charge is 0.370 e. The Labute approximate surface area is 251 Å². The normalized spacial score (nSPS) is 15.0. The quantitative estimate of drug-likeness (QED) is 0.200. The second-order valence-electron chi connectivity index (χ2n) is 11.6. The van der Waals surface area contributed by atoms with E-state index in [0.29, 0.717) is 52.2 Å². The summed E-state index contributed by atoms with van der Waals surface area (Å²) in [5.74, 6) is -2.97. The average Bonchev–Trinajstić information content (AvgIpc) is 3.58. The molecule has 6 aromatic rings. The number of halogens is 4. The van der Waals surface area contributed by atoms with E-state index in [9.17, 15) is 17.6 Å². The van der Waals surface area contributed by atoms with Crippen molar-refractivity contribution in [1.29, 1.82) is 0 Å². The lowest BCUT2D eigenvalue weighted by Gasteiger charge is -2.34. The molecule has 4 heterocycles. The van der Waals surface area contributed by atoms with E-state index in [-0.39, 0.29) is 17.6 Å². The number of nitrogens with one attached hydrogen (secondary N) is 1. The highest BCUT2D eigenvalue weighted by Gasteiger charge is 2.28. The molecular weight excluding hydrogens is 568 g/mol. The van der Waals surface area contributed by atoms with Gasteiger partial charge in [-0.2, -0.15) is 0 Å². The number of hydrogen-bond acceptors (Lipinski definition) is 4. The molecule has 0 spiro atoms. The third-order valence-electron chi connectivity index (χ3n) is 8.60. The summed E-state index contributed by atoms with van der Waals surface area (Å²) in [6, 6.07) is 13.7. The molecule has 1 fully saturated rings. The molecule has 1 atom stereocenters. The van der Waals surface area contributed by atoms with Gasteiger partial charge in [0.2, 0.25) is 0 Å². The predicted molar refractivity (Wildman–Crippen MR) is 165 cm³/mol. The zero-order valence-electron chi connectivity index (χ0n) is 24.2. The SMILES string of the molecule is Cc1ccc(C(C)n2cc(-c3nc4cc(F)c(F)cc4[nH]3)c3c(N4CCC(N)CC4)c(-c4cc(F)cc(F)c4)cnc32)cc1. The second kappa shape index (κ2) is 10.8. The van der Waals surface area contributed by atoms with E-state index < -0.39 is 23.3 Å². The Balaban J connectivity index is 1.54. The molecule has 1 aliphatic heterocycles. The first-order valence-electron chi connectivity index (χ1n) is 14.6. The molecule has 3 aromatic carbocycles. The van der Waals surface area contributed by atoms with Gasteiger partial charge in [0.05, 0.1) is 28.1 Å². The van der Waals surface area contributed by atoms with Crippen molar-refractivity contribution >= 4 is 27.8 Å². The number of nitrogens with two attached hydrogens (primary N) is 1. The number of nitrogens with zero attached hydrogens (tertiary/aromatic N) is 4. The monoisotopic (exact) mass is 598 g/mol. The van der Waals surface area contributed by atoms with Crippen LogP contribution in [-0.4, -0.2) is 38.7 Å². The number of aromatic amines is 1. The highest BCUT2D eigenvalue weighted by Crippen LogP contribution is 2.44. The number of imidazole rings is 1. The van der Waals surface area contributed by atoms with Gasteiger partial charge in [-0.05, 0) is 49.9 Å². The number of fused-ring (bicyclic) bond motifs is 2.